The average molecular weight is 199 g/mol. The number of esters is 1. The molecular formula is C11H21NO2. The molecule has 0 aromatic rings. The molecule has 14 heavy (non-hydrogen) atoms. The fourth-order valence-corrected chi connectivity index (χ4v) is 1.82. The Bertz CT molecular complexity index is 182. The maximum Gasteiger partial charge on any atom is 0.305 e. The third-order valence-corrected chi connectivity index (χ3v) is 2.81. The van der Waals surface area contributed by atoms with Crippen LogP contribution >= 0.6 is 0 Å². The monoisotopic (exact) mass is 199 g/mol. The molecule has 1 fully saturated rings. The number of likely N-dealkylation sites (tertiary alicyclic amines) is 1. The van der Waals surface area contributed by atoms with Crippen LogP contribution in [0.5, 0.6) is 0 Å². The highest BCUT2D eigenvalue weighted by atomic mass is 16.5. The second-order valence-electron chi connectivity index (χ2n) is 4.06. The van der Waals surface area contributed by atoms with Gasteiger partial charge in [0.2, 0.25) is 0 Å². The summed E-state index contributed by atoms with van der Waals surface area (Å²) < 4.78 is 5.21. The number of carbonyl (C=O) groups is 1. The molecular weight excluding hydrogens is 178 g/mol. The van der Waals surface area contributed by atoms with Crippen molar-refractivity contribution in [3.63, 3.8) is 0 Å². The van der Waals surface area contributed by atoms with Crippen LogP contribution in [0.3, 0.4) is 0 Å². The van der Waals surface area contributed by atoms with E-state index in [1.807, 2.05) is 6.92 Å². The molecule has 1 unspecified atom stereocenters. The van der Waals surface area contributed by atoms with Crippen molar-refractivity contribution < 1.29 is 9.53 Å². The van der Waals surface area contributed by atoms with Gasteiger partial charge in [0.15, 0.2) is 0 Å². The van der Waals surface area contributed by atoms with Crippen molar-refractivity contribution in [2.45, 2.75) is 45.1 Å². The summed E-state index contributed by atoms with van der Waals surface area (Å²) in [6.07, 6.45) is 5.13. The minimum atomic E-state index is -0.0496. The number of ether oxygens (including phenoxy) is 1. The molecule has 0 aliphatic carbocycles. The predicted molar refractivity (Wildman–Crippen MR) is 56.1 cm³/mol. The second-order valence-corrected chi connectivity index (χ2v) is 4.06. The minimum absolute atomic E-state index is 0.0496. The molecule has 0 amide bonds. The second kappa shape index (κ2) is 6.02. The maximum atomic E-state index is 11.2. The van der Waals surface area contributed by atoms with Gasteiger partial charge in [-0.1, -0.05) is 13.3 Å². The van der Waals surface area contributed by atoms with Crippen LogP contribution in [0, 0.1) is 0 Å². The van der Waals surface area contributed by atoms with Crippen molar-refractivity contribution in [2.24, 2.45) is 0 Å². The van der Waals surface area contributed by atoms with E-state index in [9.17, 15) is 4.79 Å². The van der Waals surface area contributed by atoms with E-state index in [1.54, 1.807) is 0 Å². The van der Waals surface area contributed by atoms with E-state index in [-0.39, 0.29) is 5.97 Å². The van der Waals surface area contributed by atoms with Gasteiger partial charge in [-0.25, -0.2) is 0 Å². The van der Waals surface area contributed by atoms with Gasteiger partial charge in [0, 0.05) is 12.5 Å². The lowest BCUT2D eigenvalue weighted by Gasteiger charge is -2.31. The summed E-state index contributed by atoms with van der Waals surface area (Å²) in [7, 11) is 2.11. The molecule has 1 rings (SSSR count). The van der Waals surface area contributed by atoms with Crippen molar-refractivity contribution in [3.05, 3.63) is 0 Å². The van der Waals surface area contributed by atoms with E-state index in [0.717, 1.165) is 19.4 Å². The third kappa shape index (κ3) is 3.66. The molecule has 0 aromatic carbocycles. The smallest absolute Gasteiger partial charge is 0.305 e. The summed E-state index contributed by atoms with van der Waals surface area (Å²) in [5.41, 5.74) is 0. The van der Waals surface area contributed by atoms with Crippen LogP contribution < -0.4 is 0 Å². The van der Waals surface area contributed by atoms with Gasteiger partial charge in [0.1, 0.15) is 6.61 Å². The quantitative estimate of drug-likeness (QED) is 0.647. The van der Waals surface area contributed by atoms with Crippen LogP contribution in [-0.2, 0) is 9.53 Å². The van der Waals surface area contributed by atoms with Crippen LogP contribution in [0.15, 0.2) is 0 Å². The maximum absolute atomic E-state index is 11.2. The Morgan fingerprint density at radius 3 is 2.93 bits per heavy atom. The Morgan fingerprint density at radius 2 is 2.29 bits per heavy atom. The summed E-state index contributed by atoms with van der Waals surface area (Å²) in [6, 6.07) is 0.449. The van der Waals surface area contributed by atoms with E-state index < -0.39 is 0 Å². The summed E-state index contributed by atoms with van der Waals surface area (Å²) in [4.78, 5) is 13.4. The summed E-state index contributed by atoms with van der Waals surface area (Å²) >= 11 is 0. The first kappa shape index (κ1) is 11.5. The highest BCUT2D eigenvalue weighted by molar-refractivity contribution is 5.69. The predicted octanol–water partition coefficient (Wildman–Crippen LogP) is 1.81. The molecule has 82 valence electrons. The van der Waals surface area contributed by atoms with Gasteiger partial charge >= 0.3 is 5.97 Å². The largest absolute Gasteiger partial charge is 0.464 e. The molecule has 0 spiro atoms. The van der Waals surface area contributed by atoms with Crippen LogP contribution in [0.1, 0.15) is 39.0 Å². The van der Waals surface area contributed by atoms with Gasteiger partial charge in [0.25, 0.3) is 0 Å². The van der Waals surface area contributed by atoms with E-state index >= 15 is 0 Å². The zero-order chi connectivity index (χ0) is 10.4. The SMILES string of the molecule is CCCC(=O)OCC1CCCCN1C. The average Bonchev–Trinajstić information content (AvgIpc) is 2.17. The molecule has 1 saturated heterocycles. The lowest BCUT2D eigenvalue weighted by atomic mass is 10.0. The molecule has 0 bridgehead atoms. The Balaban J connectivity index is 2.19. The fraction of sp³-hybridized carbons (Fsp3) is 0.909. The lowest BCUT2D eigenvalue weighted by molar-refractivity contribution is -0.145. The molecule has 1 heterocycles. The fourth-order valence-electron chi connectivity index (χ4n) is 1.82. The Labute approximate surface area is 86.4 Å². The zero-order valence-electron chi connectivity index (χ0n) is 9.29. The van der Waals surface area contributed by atoms with Crippen LogP contribution in [-0.4, -0.2) is 37.1 Å². The van der Waals surface area contributed by atoms with Gasteiger partial charge in [-0.15, -0.1) is 0 Å². The first-order chi connectivity index (χ1) is 6.74. The van der Waals surface area contributed by atoms with Crippen molar-refractivity contribution in [2.75, 3.05) is 20.2 Å². The van der Waals surface area contributed by atoms with Gasteiger partial charge in [-0.2, -0.15) is 0 Å². The summed E-state index contributed by atoms with van der Waals surface area (Å²) in [6.45, 7) is 3.71. The van der Waals surface area contributed by atoms with Crippen molar-refractivity contribution in [1.29, 1.82) is 0 Å². The topological polar surface area (TPSA) is 29.5 Å². The zero-order valence-corrected chi connectivity index (χ0v) is 9.29. The normalized spacial score (nSPS) is 23.4. The Hall–Kier alpha value is -0.570. The molecule has 3 nitrogen and oxygen atoms in total. The first-order valence-electron chi connectivity index (χ1n) is 5.60. The van der Waals surface area contributed by atoms with Gasteiger partial charge in [0.05, 0.1) is 0 Å². The summed E-state index contributed by atoms with van der Waals surface area (Å²) in [5, 5.41) is 0. The molecule has 0 radical (unpaired) electrons. The molecule has 1 atom stereocenters. The van der Waals surface area contributed by atoms with Crippen molar-refractivity contribution in [3.8, 4) is 0 Å². The molecule has 0 aromatic heterocycles. The minimum Gasteiger partial charge on any atom is -0.464 e. The van der Waals surface area contributed by atoms with Crippen LogP contribution in [0.4, 0.5) is 0 Å². The molecule has 1 aliphatic rings. The molecule has 1 aliphatic heterocycles. The van der Waals surface area contributed by atoms with E-state index in [0.29, 0.717) is 19.1 Å². The number of carbonyl (C=O) groups excluding carboxylic acids is 1. The Morgan fingerprint density at radius 1 is 1.50 bits per heavy atom. The van der Waals surface area contributed by atoms with Crippen LogP contribution in [0.25, 0.3) is 0 Å². The van der Waals surface area contributed by atoms with Gasteiger partial charge in [-0.05, 0) is 32.9 Å². The van der Waals surface area contributed by atoms with E-state index in [2.05, 4.69) is 11.9 Å². The lowest BCUT2D eigenvalue weighted by Crippen LogP contribution is -2.39. The standard InChI is InChI=1S/C11H21NO2/c1-3-6-11(13)14-9-10-7-4-5-8-12(10)2/h10H,3-9H2,1-2H3. The van der Waals surface area contributed by atoms with Gasteiger partial charge in [-0.3, -0.25) is 4.79 Å². The van der Waals surface area contributed by atoms with E-state index in [4.69, 9.17) is 4.74 Å². The number of likely N-dealkylation sites (N-methyl/N-ethyl adjacent to an activating group) is 1. The summed E-state index contributed by atoms with van der Waals surface area (Å²) in [5.74, 6) is -0.0496. The number of piperidine rings is 1. The molecule has 0 saturated carbocycles. The Kier molecular flexibility index (Phi) is 4.94. The number of nitrogens with zero attached hydrogens (tertiary/aromatic N) is 1. The highest BCUT2D eigenvalue weighted by Crippen LogP contribution is 2.15. The number of hydrogen-bond donors (Lipinski definition) is 0. The number of hydrogen-bond acceptors (Lipinski definition) is 3. The highest BCUT2D eigenvalue weighted by Gasteiger charge is 2.19. The van der Waals surface area contributed by atoms with Crippen molar-refractivity contribution in [1.82, 2.24) is 4.90 Å². The molecule has 0 N–H and O–H groups in total. The van der Waals surface area contributed by atoms with Gasteiger partial charge < -0.3 is 9.64 Å². The van der Waals surface area contributed by atoms with Crippen molar-refractivity contribution >= 4 is 5.97 Å². The van der Waals surface area contributed by atoms with Crippen LogP contribution in [0.2, 0.25) is 0 Å². The molecule has 3 heteroatoms. The third-order valence-electron chi connectivity index (χ3n) is 2.81. The number of rotatable bonds is 4. The first-order valence-corrected chi connectivity index (χ1v) is 5.60. The van der Waals surface area contributed by atoms with E-state index in [1.165, 1.54) is 12.8 Å².